The number of aromatic nitrogens is 1. The summed E-state index contributed by atoms with van der Waals surface area (Å²) in [7, 11) is 0. The van der Waals surface area contributed by atoms with Gasteiger partial charge < -0.3 is 14.6 Å². The van der Waals surface area contributed by atoms with Gasteiger partial charge in [0, 0.05) is 24.2 Å². The molecule has 0 aromatic carbocycles. The van der Waals surface area contributed by atoms with E-state index in [1.165, 1.54) is 25.9 Å². The lowest BCUT2D eigenvalue weighted by molar-refractivity contribution is 0.0618. The van der Waals surface area contributed by atoms with Crippen molar-refractivity contribution < 1.29 is 9.21 Å². The number of nitrogens with zero attached hydrogens (tertiary/aromatic N) is 2. The summed E-state index contributed by atoms with van der Waals surface area (Å²) in [6, 6.07) is 3.95. The van der Waals surface area contributed by atoms with Gasteiger partial charge in [0.25, 0.3) is 5.91 Å². The molecular formula is C15H17N3O2. The Kier molecular flexibility index (Phi) is 2.73. The second-order valence-corrected chi connectivity index (χ2v) is 5.72. The maximum atomic E-state index is 12.4. The fourth-order valence-electron chi connectivity index (χ4n) is 3.42. The molecule has 3 aliphatic heterocycles. The van der Waals surface area contributed by atoms with E-state index in [4.69, 9.17) is 4.42 Å². The number of nitrogens with one attached hydrogen (secondary N) is 1. The van der Waals surface area contributed by atoms with Crippen LogP contribution in [0.2, 0.25) is 0 Å². The van der Waals surface area contributed by atoms with E-state index in [0.29, 0.717) is 17.2 Å². The van der Waals surface area contributed by atoms with Gasteiger partial charge in [-0.2, -0.15) is 0 Å². The number of furan rings is 1. The summed E-state index contributed by atoms with van der Waals surface area (Å²) >= 11 is 0. The molecule has 2 aromatic heterocycles. The maximum Gasteiger partial charge on any atom is 0.274 e. The van der Waals surface area contributed by atoms with E-state index in [1.807, 2.05) is 12.1 Å². The number of rotatable bonds is 2. The normalized spacial score (nSPS) is 28.7. The quantitative estimate of drug-likeness (QED) is 0.902. The zero-order valence-electron chi connectivity index (χ0n) is 11.2. The zero-order valence-corrected chi connectivity index (χ0v) is 11.2. The average molecular weight is 271 g/mol. The molecule has 1 amide bonds. The minimum Gasteiger partial charge on any atom is -0.462 e. The molecule has 5 rings (SSSR count). The minimum absolute atomic E-state index is 0.121. The smallest absolute Gasteiger partial charge is 0.274 e. The molecule has 20 heavy (non-hydrogen) atoms. The number of amides is 1. The maximum absolute atomic E-state index is 12.4. The molecule has 0 spiro atoms. The van der Waals surface area contributed by atoms with Crippen LogP contribution in [0.3, 0.4) is 0 Å². The monoisotopic (exact) mass is 271 g/mol. The van der Waals surface area contributed by atoms with Gasteiger partial charge in [0.1, 0.15) is 0 Å². The van der Waals surface area contributed by atoms with Crippen molar-refractivity contribution in [2.75, 3.05) is 19.6 Å². The second kappa shape index (κ2) is 4.59. The van der Waals surface area contributed by atoms with E-state index in [1.54, 1.807) is 12.5 Å². The van der Waals surface area contributed by atoms with Gasteiger partial charge >= 0.3 is 0 Å². The van der Waals surface area contributed by atoms with Crippen LogP contribution < -0.4 is 5.32 Å². The van der Waals surface area contributed by atoms with Crippen LogP contribution in [0.15, 0.2) is 29.0 Å². The van der Waals surface area contributed by atoms with Crippen molar-refractivity contribution >= 4 is 16.9 Å². The third-order valence-corrected chi connectivity index (χ3v) is 4.56. The molecule has 0 saturated carbocycles. The van der Waals surface area contributed by atoms with E-state index in [9.17, 15) is 4.79 Å². The van der Waals surface area contributed by atoms with Crippen molar-refractivity contribution in [1.82, 2.24) is 15.2 Å². The van der Waals surface area contributed by atoms with Crippen LogP contribution in [-0.2, 0) is 0 Å². The average Bonchev–Trinajstić information content (AvgIpc) is 2.96. The van der Waals surface area contributed by atoms with Crippen molar-refractivity contribution in [3.05, 3.63) is 30.3 Å². The molecule has 0 radical (unpaired) electrons. The van der Waals surface area contributed by atoms with Crippen LogP contribution in [0, 0.1) is 5.92 Å². The summed E-state index contributed by atoms with van der Waals surface area (Å²) in [5.74, 6) is 0.490. The molecule has 3 fully saturated rings. The summed E-state index contributed by atoms with van der Waals surface area (Å²) < 4.78 is 5.39. The third kappa shape index (κ3) is 1.89. The van der Waals surface area contributed by atoms with Gasteiger partial charge in [0.2, 0.25) is 0 Å². The first kappa shape index (κ1) is 11.9. The third-order valence-electron chi connectivity index (χ3n) is 4.56. The summed E-state index contributed by atoms with van der Waals surface area (Å²) in [5, 5.41) is 4.06. The fourth-order valence-corrected chi connectivity index (χ4v) is 3.42. The molecule has 1 N–H and O–H groups in total. The highest BCUT2D eigenvalue weighted by molar-refractivity contribution is 6.02. The Balaban J connectivity index is 1.57. The molecule has 2 bridgehead atoms. The Bertz CT molecular complexity index is 643. The standard InChI is InChI=1S/C15H17N3O2/c19-15(13-14-11(1-5-16-13)4-8-20-14)17-12-9-18-6-2-10(12)3-7-18/h1,4-5,8,10,12H,2-3,6-7,9H2,(H,17,19)/t12-/m0/s1. The molecule has 0 aliphatic carbocycles. The Labute approximate surface area is 117 Å². The predicted molar refractivity (Wildman–Crippen MR) is 74.4 cm³/mol. The number of carbonyl (C=O) groups excluding carboxylic acids is 1. The van der Waals surface area contributed by atoms with E-state index in [0.717, 1.165) is 11.9 Å². The van der Waals surface area contributed by atoms with Crippen molar-refractivity contribution in [2.24, 2.45) is 5.92 Å². The lowest BCUT2D eigenvalue weighted by Crippen LogP contribution is -2.57. The van der Waals surface area contributed by atoms with E-state index >= 15 is 0 Å². The van der Waals surface area contributed by atoms with E-state index in [-0.39, 0.29) is 11.9 Å². The molecule has 0 unspecified atom stereocenters. The lowest BCUT2D eigenvalue weighted by atomic mass is 9.84. The van der Waals surface area contributed by atoms with Gasteiger partial charge in [-0.15, -0.1) is 0 Å². The highest BCUT2D eigenvalue weighted by Crippen LogP contribution is 2.28. The van der Waals surface area contributed by atoms with Crippen LogP contribution in [-0.4, -0.2) is 41.5 Å². The van der Waals surface area contributed by atoms with Crippen LogP contribution in [0.25, 0.3) is 11.0 Å². The van der Waals surface area contributed by atoms with Crippen LogP contribution in [0.1, 0.15) is 23.3 Å². The molecule has 5 heteroatoms. The molecule has 5 heterocycles. The molecule has 5 nitrogen and oxygen atoms in total. The number of hydrogen-bond acceptors (Lipinski definition) is 4. The fraction of sp³-hybridized carbons (Fsp3) is 0.467. The molecule has 1 atom stereocenters. The van der Waals surface area contributed by atoms with Gasteiger partial charge in [-0.25, -0.2) is 4.98 Å². The van der Waals surface area contributed by atoms with Gasteiger partial charge in [0.15, 0.2) is 11.3 Å². The van der Waals surface area contributed by atoms with Crippen molar-refractivity contribution in [3.8, 4) is 0 Å². The van der Waals surface area contributed by atoms with Gasteiger partial charge in [0.05, 0.1) is 6.26 Å². The number of hydrogen-bond donors (Lipinski definition) is 1. The summed E-state index contributed by atoms with van der Waals surface area (Å²) in [6.45, 7) is 3.30. The number of pyridine rings is 1. The minimum atomic E-state index is -0.121. The number of piperidine rings is 3. The molecular weight excluding hydrogens is 254 g/mol. The van der Waals surface area contributed by atoms with Gasteiger partial charge in [-0.3, -0.25) is 4.79 Å². The van der Waals surface area contributed by atoms with Crippen molar-refractivity contribution in [2.45, 2.75) is 18.9 Å². The Hall–Kier alpha value is -1.88. The van der Waals surface area contributed by atoms with E-state index < -0.39 is 0 Å². The lowest BCUT2D eigenvalue weighted by Gasteiger charge is -2.44. The summed E-state index contributed by atoms with van der Waals surface area (Å²) in [5.41, 5.74) is 0.968. The predicted octanol–water partition coefficient (Wildman–Crippen LogP) is 1.65. The van der Waals surface area contributed by atoms with Crippen molar-refractivity contribution in [1.29, 1.82) is 0 Å². The summed E-state index contributed by atoms with van der Waals surface area (Å²) in [6.07, 6.45) is 5.62. The van der Waals surface area contributed by atoms with Crippen LogP contribution in [0.5, 0.6) is 0 Å². The Morgan fingerprint density at radius 1 is 1.35 bits per heavy atom. The molecule has 2 aromatic rings. The number of carbonyl (C=O) groups is 1. The molecule has 3 saturated heterocycles. The second-order valence-electron chi connectivity index (χ2n) is 5.72. The van der Waals surface area contributed by atoms with E-state index in [2.05, 4.69) is 15.2 Å². The topological polar surface area (TPSA) is 58.4 Å². The zero-order chi connectivity index (χ0) is 13.5. The first-order valence-corrected chi connectivity index (χ1v) is 7.17. The Morgan fingerprint density at radius 3 is 2.95 bits per heavy atom. The largest absolute Gasteiger partial charge is 0.462 e. The van der Waals surface area contributed by atoms with Gasteiger partial charge in [-0.05, 0) is 44.0 Å². The Morgan fingerprint density at radius 2 is 2.20 bits per heavy atom. The van der Waals surface area contributed by atoms with Gasteiger partial charge in [-0.1, -0.05) is 0 Å². The van der Waals surface area contributed by atoms with Crippen molar-refractivity contribution in [3.63, 3.8) is 0 Å². The SMILES string of the molecule is O=C(N[C@H]1CN2CCC1CC2)c1nccc2ccoc12. The molecule has 3 aliphatic rings. The van der Waals surface area contributed by atoms with Crippen LogP contribution >= 0.6 is 0 Å². The van der Waals surface area contributed by atoms with Crippen LogP contribution in [0.4, 0.5) is 0 Å². The first-order valence-electron chi connectivity index (χ1n) is 7.17. The highest BCUT2D eigenvalue weighted by Gasteiger charge is 2.35. The highest BCUT2D eigenvalue weighted by atomic mass is 16.3. The molecule has 104 valence electrons. The summed E-state index contributed by atoms with van der Waals surface area (Å²) in [4.78, 5) is 19.1. The first-order chi connectivity index (χ1) is 9.81. The number of fused-ring (bicyclic) bond motifs is 4.